The molecule has 2 aromatic carbocycles. The van der Waals surface area contributed by atoms with Crippen molar-refractivity contribution in [2.75, 3.05) is 0 Å². The predicted octanol–water partition coefficient (Wildman–Crippen LogP) is 6.79. The zero-order chi connectivity index (χ0) is 18.7. The van der Waals surface area contributed by atoms with Gasteiger partial charge in [-0.3, -0.25) is 0 Å². The minimum absolute atomic E-state index is 0.633. The molecule has 0 unspecified atom stereocenters. The largest absolute Gasteiger partial charge is 0.192 e. The molecule has 0 bridgehead atoms. The van der Waals surface area contributed by atoms with Crippen LogP contribution in [0.1, 0.15) is 42.9 Å². The highest BCUT2D eigenvalue weighted by Gasteiger charge is 1.99. The third kappa shape index (κ3) is 8.06. The Morgan fingerprint density at radius 2 is 1.52 bits per heavy atom. The van der Waals surface area contributed by atoms with Crippen LogP contribution in [0.4, 0.5) is 0 Å². The van der Waals surface area contributed by atoms with Gasteiger partial charge in [0.1, 0.15) is 12.1 Å². The SMILES string of the molecule is CCCCC#Cc1ccc(Br)cc1C#N.N#Cc1cc(Br)ccc1I. The van der Waals surface area contributed by atoms with E-state index in [1.807, 2.05) is 30.3 Å². The van der Waals surface area contributed by atoms with Gasteiger partial charge in [-0.05, 0) is 65.4 Å². The van der Waals surface area contributed by atoms with Crippen molar-refractivity contribution in [1.82, 2.24) is 0 Å². The molecule has 0 N–H and O–H groups in total. The van der Waals surface area contributed by atoms with Crippen LogP contribution >= 0.6 is 54.5 Å². The van der Waals surface area contributed by atoms with E-state index in [9.17, 15) is 0 Å². The van der Waals surface area contributed by atoms with Crippen molar-refractivity contribution in [3.8, 4) is 24.0 Å². The molecular formula is C20H15Br2IN2. The van der Waals surface area contributed by atoms with E-state index in [0.717, 1.165) is 42.9 Å². The van der Waals surface area contributed by atoms with Gasteiger partial charge in [0, 0.05) is 24.5 Å². The summed E-state index contributed by atoms with van der Waals surface area (Å²) in [5.74, 6) is 6.11. The third-order valence-corrected chi connectivity index (χ3v) is 4.96. The summed E-state index contributed by atoms with van der Waals surface area (Å²) >= 11 is 8.75. The summed E-state index contributed by atoms with van der Waals surface area (Å²) in [4.78, 5) is 0. The van der Waals surface area contributed by atoms with Crippen molar-refractivity contribution >= 4 is 54.5 Å². The Kier molecular flexibility index (Phi) is 10.5. The van der Waals surface area contributed by atoms with Crippen LogP contribution in [0.5, 0.6) is 0 Å². The van der Waals surface area contributed by atoms with Crippen LogP contribution in [0, 0.1) is 38.1 Å². The zero-order valence-corrected chi connectivity index (χ0v) is 18.9. The normalized spacial score (nSPS) is 8.88. The monoisotopic (exact) mass is 568 g/mol. The first-order valence-corrected chi connectivity index (χ1v) is 10.2. The summed E-state index contributed by atoms with van der Waals surface area (Å²) < 4.78 is 2.85. The Balaban J connectivity index is 0.000000271. The molecule has 0 amide bonds. The van der Waals surface area contributed by atoms with Gasteiger partial charge in [-0.15, -0.1) is 0 Å². The van der Waals surface area contributed by atoms with Crippen LogP contribution in [-0.2, 0) is 0 Å². The van der Waals surface area contributed by atoms with Crippen molar-refractivity contribution in [3.63, 3.8) is 0 Å². The Bertz CT molecular complexity index is 868. The summed E-state index contributed by atoms with van der Waals surface area (Å²) in [5, 5.41) is 17.5. The van der Waals surface area contributed by atoms with Gasteiger partial charge in [-0.25, -0.2) is 0 Å². The van der Waals surface area contributed by atoms with Gasteiger partial charge in [-0.1, -0.05) is 57.0 Å². The number of benzene rings is 2. The Morgan fingerprint density at radius 1 is 0.920 bits per heavy atom. The van der Waals surface area contributed by atoms with Crippen molar-refractivity contribution < 1.29 is 0 Å². The van der Waals surface area contributed by atoms with Crippen molar-refractivity contribution in [2.24, 2.45) is 0 Å². The first kappa shape index (κ1) is 21.7. The fourth-order valence-corrected chi connectivity index (χ4v) is 2.90. The molecule has 2 nitrogen and oxygen atoms in total. The van der Waals surface area contributed by atoms with Gasteiger partial charge in [-0.2, -0.15) is 10.5 Å². The van der Waals surface area contributed by atoms with Crippen molar-refractivity contribution in [2.45, 2.75) is 26.2 Å². The van der Waals surface area contributed by atoms with Crippen LogP contribution in [0.3, 0.4) is 0 Å². The standard InChI is InChI=1S/C13H12BrN.C7H3BrIN/c1-2-3-4-5-6-11-7-8-13(14)9-12(11)10-15;8-6-1-2-7(9)5(3-6)4-10/h7-9H,2-4H2,1H3;1-3H. The average Bonchev–Trinajstić information content (AvgIpc) is 2.62. The predicted molar refractivity (Wildman–Crippen MR) is 117 cm³/mol. The summed E-state index contributed by atoms with van der Waals surface area (Å²) in [7, 11) is 0. The van der Waals surface area contributed by atoms with E-state index in [4.69, 9.17) is 10.5 Å². The van der Waals surface area contributed by atoms with E-state index in [1.165, 1.54) is 0 Å². The highest BCUT2D eigenvalue weighted by Crippen LogP contribution is 2.17. The molecule has 0 aliphatic carbocycles. The lowest BCUT2D eigenvalue weighted by atomic mass is 10.1. The topological polar surface area (TPSA) is 47.6 Å². The van der Waals surface area contributed by atoms with Gasteiger partial charge in [0.2, 0.25) is 0 Å². The minimum Gasteiger partial charge on any atom is -0.192 e. The molecule has 2 aromatic rings. The average molecular weight is 570 g/mol. The molecule has 5 heteroatoms. The second-order valence-corrected chi connectivity index (χ2v) is 7.94. The van der Waals surface area contributed by atoms with Gasteiger partial charge >= 0.3 is 0 Å². The number of nitriles is 2. The lowest BCUT2D eigenvalue weighted by Gasteiger charge is -1.95. The number of unbranched alkanes of at least 4 members (excludes halogenated alkanes) is 2. The van der Waals surface area contributed by atoms with Gasteiger partial charge in [0.05, 0.1) is 11.1 Å². The molecule has 0 spiro atoms. The van der Waals surface area contributed by atoms with E-state index in [2.05, 4.69) is 85.4 Å². The number of halogens is 3. The van der Waals surface area contributed by atoms with Crippen LogP contribution in [0.25, 0.3) is 0 Å². The zero-order valence-electron chi connectivity index (χ0n) is 13.6. The smallest absolute Gasteiger partial charge is 0.100 e. The van der Waals surface area contributed by atoms with Crippen molar-refractivity contribution in [3.05, 3.63) is 65.6 Å². The first-order chi connectivity index (χ1) is 12.0. The highest BCUT2D eigenvalue weighted by molar-refractivity contribution is 14.1. The Labute approximate surface area is 179 Å². The molecule has 0 fully saturated rings. The van der Waals surface area contributed by atoms with Gasteiger partial charge in [0.15, 0.2) is 0 Å². The maximum Gasteiger partial charge on any atom is 0.100 e. The summed E-state index contributed by atoms with van der Waals surface area (Å²) in [6.45, 7) is 2.14. The molecule has 0 saturated carbocycles. The summed E-state index contributed by atoms with van der Waals surface area (Å²) in [5.41, 5.74) is 2.17. The quantitative estimate of drug-likeness (QED) is 0.227. The molecule has 0 aliphatic rings. The summed E-state index contributed by atoms with van der Waals surface area (Å²) in [6.07, 6.45) is 3.17. The highest BCUT2D eigenvalue weighted by atomic mass is 127. The number of hydrogen-bond acceptors (Lipinski definition) is 2. The molecule has 25 heavy (non-hydrogen) atoms. The maximum atomic E-state index is 8.91. The number of nitrogens with zero attached hydrogens (tertiary/aromatic N) is 2. The first-order valence-electron chi connectivity index (χ1n) is 7.55. The van der Waals surface area contributed by atoms with Gasteiger partial charge in [0.25, 0.3) is 0 Å². The molecule has 0 aromatic heterocycles. The number of rotatable bonds is 2. The fraction of sp³-hybridized carbons (Fsp3) is 0.200. The van der Waals surface area contributed by atoms with Gasteiger partial charge < -0.3 is 0 Å². The molecule has 0 radical (unpaired) electrons. The van der Waals surface area contributed by atoms with E-state index in [-0.39, 0.29) is 0 Å². The fourth-order valence-electron chi connectivity index (χ4n) is 1.72. The molecule has 0 aliphatic heterocycles. The molecule has 0 saturated heterocycles. The second kappa shape index (κ2) is 12.1. The lowest BCUT2D eigenvalue weighted by Crippen LogP contribution is -1.83. The van der Waals surface area contributed by atoms with Crippen LogP contribution in [-0.4, -0.2) is 0 Å². The van der Waals surface area contributed by atoms with Crippen LogP contribution in [0.2, 0.25) is 0 Å². The van der Waals surface area contributed by atoms with E-state index in [1.54, 1.807) is 6.07 Å². The second-order valence-electron chi connectivity index (χ2n) is 4.94. The third-order valence-electron chi connectivity index (χ3n) is 3.03. The molecule has 126 valence electrons. The Hall–Kier alpha value is -1.33. The van der Waals surface area contributed by atoms with E-state index < -0.39 is 0 Å². The lowest BCUT2D eigenvalue weighted by molar-refractivity contribution is 0.828. The van der Waals surface area contributed by atoms with Crippen LogP contribution < -0.4 is 0 Å². The molecule has 2 rings (SSSR count). The van der Waals surface area contributed by atoms with Crippen LogP contribution in [0.15, 0.2) is 45.3 Å². The molecule has 0 heterocycles. The summed E-state index contributed by atoms with van der Waals surface area (Å²) in [6, 6.07) is 15.5. The van der Waals surface area contributed by atoms with E-state index >= 15 is 0 Å². The molecular weight excluding hydrogens is 555 g/mol. The molecule has 0 atom stereocenters. The minimum atomic E-state index is 0.633. The van der Waals surface area contributed by atoms with Crippen molar-refractivity contribution in [1.29, 1.82) is 10.5 Å². The van der Waals surface area contributed by atoms with E-state index in [0.29, 0.717) is 5.56 Å². The number of hydrogen-bond donors (Lipinski definition) is 0. The maximum absolute atomic E-state index is 8.91. The Morgan fingerprint density at radius 3 is 2.08 bits per heavy atom.